The van der Waals surface area contributed by atoms with E-state index in [9.17, 15) is 0 Å². The maximum Gasteiger partial charge on any atom is 0.0928 e. The molecule has 3 N–H and O–H groups in total. The molecule has 0 fully saturated rings. The highest BCUT2D eigenvalue weighted by atomic mass is 16.5. The molecule has 0 aromatic heterocycles. The van der Waals surface area contributed by atoms with Gasteiger partial charge in [-0.15, -0.1) is 0 Å². The van der Waals surface area contributed by atoms with E-state index in [-0.39, 0.29) is 12.7 Å². The van der Waals surface area contributed by atoms with E-state index in [1.165, 1.54) is 0 Å². The highest BCUT2D eigenvalue weighted by molar-refractivity contribution is 4.63. The molecule has 0 spiro atoms. The van der Waals surface area contributed by atoms with Gasteiger partial charge in [0.1, 0.15) is 0 Å². The first-order valence-electron chi connectivity index (χ1n) is 4.26. The van der Waals surface area contributed by atoms with Gasteiger partial charge in [0.25, 0.3) is 0 Å². The van der Waals surface area contributed by atoms with Gasteiger partial charge in [0.2, 0.25) is 0 Å². The van der Waals surface area contributed by atoms with E-state index in [4.69, 9.17) is 19.7 Å². The molecule has 0 aliphatic rings. The first kappa shape index (κ1) is 12.8. The maximum absolute atomic E-state index is 8.99. The van der Waals surface area contributed by atoms with Crippen molar-refractivity contribution >= 4 is 0 Å². The molecule has 0 saturated heterocycles. The van der Waals surface area contributed by atoms with Crippen molar-refractivity contribution in [1.29, 1.82) is 0 Å². The van der Waals surface area contributed by atoms with Crippen LogP contribution in [-0.2, 0) is 9.47 Å². The van der Waals surface area contributed by atoms with Gasteiger partial charge in [-0.25, -0.2) is 0 Å². The predicted molar refractivity (Wildman–Crippen MR) is 48.6 cm³/mol. The van der Waals surface area contributed by atoms with Gasteiger partial charge in [-0.3, -0.25) is 0 Å². The van der Waals surface area contributed by atoms with Crippen molar-refractivity contribution < 1.29 is 19.7 Å². The Bertz CT molecular complexity index is 112. The smallest absolute Gasteiger partial charge is 0.0928 e. The van der Waals surface area contributed by atoms with Crippen molar-refractivity contribution in [2.75, 3.05) is 40.5 Å². The highest BCUT2D eigenvalue weighted by Gasteiger charge is 2.07. The van der Waals surface area contributed by atoms with Crippen LogP contribution in [0.5, 0.6) is 0 Å². The Hall–Kier alpha value is -0.200. The first-order valence-corrected chi connectivity index (χ1v) is 4.26. The van der Waals surface area contributed by atoms with Crippen molar-refractivity contribution in [2.45, 2.75) is 12.2 Å². The summed E-state index contributed by atoms with van der Waals surface area (Å²) in [4.78, 5) is 0. The quantitative estimate of drug-likeness (QED) is 0.442. The van der Waals surface area contributed by atoms with Crippen LogP contribution in [-0.4, -0.2) is 62.9 Å². The van der Waals surface area contributed by atoms with Gasteiger partial charge in [-0.1, -0.05) is 0 Å². The Morgan fingerprint density at radius 1 is 1.31 bits per heavy atom. The summed E-state index contributed by atoms with van der Waals surface area (Å²) in [5.74, 6) is 0. The third-order valence-electron chi connectivity index (χ3n) is 1.65. The Labute approximate surface area is 78.7 Å². The topological polar surface area (TPSA) is 71.0 Å². The molecule has 0 amide bonds. The van der Waals surface area contributed by atoms with Crippen molar-refractivity contribution in [2.24, 2.45) is 0 Å². The van der Waals surface area contributed by atoms with Crippen LogP contribution in [0.2, 0.25) is 0 Å². The number of methoxy groups -OCH3 is 2. The second kappa shape index (κ2) is 8.40. The molecular formula is C8H19NO4. The van der Waals surface area contributed by atoms with Gasteiger partial charge >= 0.3 is 0 Å². The fourth-order valence-electron chi connectivity index (χ4n) is 0.872. The van der Waals surface area contributed by atoms with E-state index in [0.29, 0.717) is 19.7 Å². The molecule has 0 aromatic carbocycles. The predicted octanol–water partition coefficient (Wildman–Crippen LogP) is -1.41. The number of nitrogens with one attached hydrogen (secondary N) is 1. The van der Waals surface area contributed by atoms with Crippen molar-refractivity contribution in [3.8, 4) is 0 Å². The summed E-state index contributed by atoms with van der Waals surface area (Å²) in [7, 11) is 3.21. The zero-order valence-electron chi connectivity index (χ0n) is 8.19. The van der Waals surface area contributed by atoms with E-state index in [1.807, 2.05) is 0 Å². The van der Waals surface area contributed by atoms with E-state index in [1.54, 1.807) is 14.2 Å². The van der Waals surface area contributed by atoms with Crippen LogP contribution >= 0.6 is 0 Å². The highest BCUT2D eigenvalue weighted by Crippen LogP contribution is 1.88. The molecule has 0 bridgehead atoms. The summed E-state index contributed by atoms with van der Waals surface area (Å²) in [6.07, 6.45) is -0.726. The molecule has 0 rings (SSSR count). The Morgan fingerprint density at radius 2 is 2.00 bits per heavy atom. The van der Waals surface area contributed by atoms with Crippen LogP contribution in [0.25, 0.3) is 0 Å². The van der Waals surface area contributed by atoms with Crippen LogP contribution < -0.4 is 5.32 Å². The van der Waals surface area contributed by atoms with E-state index >= 15 is 0 Å². The molecule has 0 aliphatic heterocycles. The van der Waals surface area contributed by atoms with Crippen LogP contribution in [0, 0.1) is 0 Å². The first-order chi connectivity index (χ1) is 6.24. The lowest BCUT2D eigenvalue weighted by Gasteiger charge is -2.16. The van der Waals surface area contributed by atoms with E-state index in [0.717, 1.165) is 0 Å². The number of ether oxygens (including phenoxy) is 2. The molecule has 13 heavy (non-hydrogen) atoms. The SMILES string of the molecule is COCC(CNCC(O)CO)OC. The van der Waals surface area contributed by atoms with Gasteiger partial charge in [-0.05, 0) is 0 Å². The summed E-state index contributed by atoms with van der Waals surface area (Å²) in [6, 6.07) is 0. The monoisotopic (exact) mass is 193 g/mol. The van der Waals surface area contributed by atoms with Crippen LogP contribution in [0.4, 0.5) is 0 Å². The zero-order valence-corrected chi connectivity index (χ0v) is 8.19. The van der Waals surface area contributed by atoms with Gasteiger partial charge in [0.15, 0.2) is 0 Å². The van der Waals surface area contributed by atoms with Gasteiger partial charge in [-0.2, -0.15) is 0 Å². The minimum atomic E-state index is -0.708. The standard InChI is InChI=1S/C8H19NO4/c1-12-6-8(13-2)4-9-3-7(11)5-10/h7-11H,3-6H2,1-2H3. The molecule has 80 valence electrons. The van der Waals surface area contributed by atoms with Crippen molar-refractivity contribution in [3.05, 3.63) is 0 Å². The molecule has 0 aromatic rings. The third-order valence-corrected chi connectivity index (χ3v) is 1.65. The minimum absolute atomic E-state index is 0.0177. The lowest BCUT2D eigenvalue weighted by Crippen LogP contribution is -2.37. The summed E-state index contributed by atoms with van der Waals surface area (Å²) >= 11 is 0. The van der Waals surface area contributed by atoms with Crippen LogP contribution in [0.15, 0.2) is 0 Å². The van der Waals surface area contributed by atoms with E-state index < -0.39 is 6.10 Å². The molecule has 0 saturated carbocycles. The summed E-state index contributed by atoms with van der Waals surface area (Å²) in [6.45, 7) is 1.25. The normalized spacial score (nSPS) is 15.7. The second-order valence-corrected chi connectivity index (χ2v) is 2.81. The largest absolute Gasteiger partial charge is 0.394 e. The molecule has 5 heteroatoms. The average molecular weight is 193 g/mol. The van der Waals surface area contributed by atoms with E-state index in [2.05, 4.69) is 5.32 Å². The fraction of sp³-hybridized carbons (Fsp3) is 1.00. The lowest BCUT2D eigenvalue weighted by molar-refractivity contribution is 0.0251. The number of hydrogen-bond acceptors (Lipinski definition) is 5. The Kier molecular flexibility index (Phi) is 8.27. The molecule has 2 atom stereocenters. The maximum atomic E-state index is 8.99. The number of rotatable bonds is 8. The molecule has 0 heterocycles. The molecule has 5 nitrogen and oxygen atoms in total. The average Bonchev–Trinajstić information content (AvgIpc) is 2.16. The second-order valence-electron chi connectivity index (χ2n) is 2.81. The molecule has 0 aliphatic carbocycles. The number of hydrogen-bond donors (Lipinski definition) is 3. The molecule has 2 unspecified atom stereocenters. The number of aliphatic hydroxyl groups excluding tert-OH is 2. The van der Waals surface area contributed by atoms with Gasteiger partial charge in [0.05, 0.1) is 25.4 Å². The zero-order chi connectivity index (χ0) is 10.1. The fourth-order valence-corrected chi connectivity index (χ4v) is 0.872. The van der Waals surface area contributed by atoms with Crippen LogP contribution in [0.1, 0.15) is 0 Å². The molecular weight excluding hydrogens is 174 g/mol. The van der Waals surface area contributed by atoms with Crippen molar-refractivity contribution in [1.82, 2.24) is 5.32 Å². The van der Waals surface area contributed by atoms with Crippen LogP contribution in [0.3, 0.4) is 0 Å². The van der Waals surface area contributed by atoms with Gasteiger partial charge < -0.3 is 25.0 Å². The molecule has 0 radical (unpaired) electrons. The minimum Gasteiger partial charge on any atom is -0.394 e. The summed E-state index contributed by atoms with van der Waals surface area (Å²) in [5.41, 5.74) is 0. The Balaban J connectivity index is 3.37. The summed E-state index contributed by atoms with van der Waals surface area (Å²) in [5, 5.41) is 20.5. The summed E-state index contributed by atoms with van der Waals surface area (Å²) < 4.78 is 9.98. The number of aliphatic hydroxyl groups is 2. The van der Waals surface area contributed by atoms with Crippen molar-refractivity contribution in [3.63, 3.8) is 0 Å². The third kappa shape index (κ3) is 6.92. The van der Waals surface area contributed by atoms with Gasteiger partial charge in [0, 0.05) is 27.3 Å². The lowest BCUT2D eigenvalue weighted by atomic mass is 10.3. The Morgan fingerprint density at radius 3 is 2.46 bits per heavy atom.